The molecular weight excluding hydrogens is 267 g/mol. The molecule has 2 nitrogen and oxygen atoms in total. The number of rotatable bonds is 4. The van der Waals surface area contributed by atoms with Crippen molar-refractivity contribution in [2.24, 2.45) is 0 Å². The quantitative estimate of drug-likeness (QED) is 0.844. The Hall–Kier alpha value is -0.830. The maximum absolute atomic E-state index is 6.22. The number of nitrogens with one attached hydrogen (secondary N) is 1. The van der Waals surface area contributed by atoms with Crippen molar-refractivity contribution in [3.8, 4) is 0 Å². The van der Waals surface area contributed by atoms with Crippen molar-refractivity contribution in [1.82, 2.24) is 10.3 Å². The van der Waals surface area contributed by atoms with Crippen LogP contribution in [0.1, 0.15) is 24.6 Å². The van der Waals surface area contributed by atoms with Gasteiger partial charge >= 0.3 is 0 Å². The number of hydrogen-bond acceptors (Lipinski definition) is 2. The monoisotopic (exact) mass is 282 g/mol. The summed E-state index contributed by atoms with van der Waals surface area (Å²) >= 11 is 12.2. The van der Waals surface area contributed by atoms with Crippen LogP contribution in [-0.2, 0) is 6.54 Å². The SMILES string of the molecule is CCCNCc1cc(C)nc2c(Cl)c(Cl)ccc12. The molecule has 0 radical (unpaired) electrons. The number of aryl methyl sites for hydroxylation is 1. The molecule has 0 bridgehead atoms. The van der Waals surface area contributed by atoms with Gasteiger partial charge in [-0.25, -0.2) is 0 Å². The summed E-state index contributed by atoms with van der Waals surface area (Å²) in [4.78, 5) is 4.48. The summed E-state index contributed by atoms with van der Waals surface area (Å²) in [6.07, 6.45) is 1.12. The molecule has 2 aromatic rings. The lowest BCUT2D eigenvalue weighted by atomic mass is 10.1. The van der Waals surface area contributed by atoms with Gasteiger partial charge in [-0.15, -0.1) is 0 Å². The minimum Gasteiger partial charge on any atom is -0.313 e. The maximum Gasteiger partial charge on any atom is 0.0909 e. The molecule has 1 aromatic heterocycles. The van der Waals surface area contributed by atoms with E-state index in [-0.39, 0.29) is 0 Å². The highest BCUT2D eigenvalue weighted by molar-refractivity contribution is 6.45. The molecule has 0 amide bonds. The van der Waals surface area contributed by atoms with E-state index in [2.05, 4.69) is 23.3 Å². The van der Waals surface area contributed by atoms with Crippen LogP contribution in [0.5, 0.6) is 0 Å². The summed E-state index contributed by atoms with van der Waals surface area (Å²) in [5, 5.41) is 5.56. The third kappa shape index (κ3) is 2.77. The van der Waals surface area contributed by atoms with Gasteiger partial charge in [0.05, 0.1) is 15.6 Å². The number of nitrogens with zero attached hydrogens (tertiary/aromatic N) is 1. The summed E-state index contributed by atoms with van der Waals surface area (Å²) < 4.78 is 0. The average molecular weight is 283 g/mol. The van der Waals surface area contributed by atoms with Gasteiger partial charge in [0.25, 0.3) is 0 Å². The molecule has 0 saturated heterocycles. The third-order valence-electron chi connectivity index (χ3n) is 2.83. The van der Waals surface area contributed by atoms with Crippen molar-refractivity contribution >= 4 is 34.1 Å². The van der Waals surface area contributed by atoms with Gasteiger partial charge in [-0.3, -0.25) is 4.98 Å². The normalized spacial score (nSPS) is 11.1. The Labute approximate surface area is 117 Å². The van der Waals surface area contributed by atoms with Crippen molar-refractivity contribution in [3.63, 3.8) is 0 Å². The summed E-state index contributed by atoms with van der Waals surface area (Å²) in [6, 6.07) is 5.90. The van der Waals surface area contributed by atoms with Crippen LogP contribution in [0.4, 0.5) is 0 Å². The zero-order valence-corrected chi connectivity index (χ0v) is 12.1. The summed E-state index contributed by atoms with van der Waals surface area (Å²) in [6.45, 7) is 5.95. The second-order valence-corrected chi connectivity index (χ2v) is 5.14. The molecule has 0 fully saturated rings. The van der Waals surface area contributed by atoms with Gasteiger partial charge in [0, 0.05) is 17.6 Å². The Morgan fingerprint density at radius 1 is 1.28 bits per heavy atom. The zero-order valence-electron chi connectivity index (χ0n) is 10.6. The molecule has 1 N–H and O–H groups in total. The van der Waals surface area contributed by atoms with E-state index in [1.807, 2.05) is 19.1 Å². The number of hydrogen-bond donors (Lipinski definition) is 1. The minimum atomic E-state index is 0.537. The smallest absolute Gasteiger partial charge is 0.0909 e. The first-order chi connectivity index (χ1) is 8.63. The van der Waals surface area contributed by atoms with Crippen LogP contribution < -0.4 is 5.32 Å². The second kappa shape index (κ2) is 5.87. The molecule has 4 heteroatoms. The van der Waals surface area contributed by atoms with Crippen LogP contribution in [0.15, 0.2) is 18.2 Å². The number of aromatic nitrogens is 1. The van der Waals surface area contributed by atoms with Crippen LogP contribution in [0.2, 0.25) is 10.0 Å². The Morgan fingerprint density at radius 2 is 2.06 bits per heavy atom. The van der Waals surface area contributed by atoms with Gasteiger partial charge in [-0.1, -0.05) is 36.2 Å². The van der Waals surface area contributed by atoms with E-state index < -0.39 is 0 Å². The van der Waals surface area contributed by atoms with Gasteiger partial charge in [0.15, 0.2) is 0 Å². The Bertz CT molecular complexity index is 567. The fourth-order valence-electron chi connectivity index (χ4n) is 1.99. The molecule has 0 unspecified atom stereocenters. The molecule has 1 heterocycles. The predicted molar refractivity (Wildman–Crippen MR) is 78.5 cm³/mol. The third-order valence-corrected chi connectivity index (χ3v) is 3.62. The van der Waals surface area contributed by atoms with Crippen LogP contribution in [0, 0.1) is 6.92 Å². The van der Waals surface area contributed by atoms with E-state index >= 15 is 0 Å². The van der Waals surface area contributed by atoms with Crippen LogP contribution >= 0.6 is 23.2 Å². The van der Waals surface area contributed by atoms with E-state index in [1.54, 1.807) is 0 Å². The van der Waals surface area contributed by atoms with Crippen molar-refractivity contribution in [2.45, 2.75) is 26.8 Å². The highest BCUT2D eigenvalue weighted by Crippen LogP contribution is 2.31. The highest BCUT2D eigenvalue weighted by atomic mass is 35.5. The summed E-state index contributed by atoms with van der Waals surface area (Å²) in [5.74, 6) is 0. The Kier molecular flexibility index (Phi) is 4.44. The molecule has 18 heavy (non-hydrogen) atoms. The first kappa shape index (κ1) is 13.6. The Balaban J connectivity index is 2.49. The number of benzene rings is 1. The van der Waals surface area contributed by atoms with Crippen molar-refractivity contribution in [3.05, 3.63) is 39.5 Å². The summed E-state index contributed by atoms with van der Waals surface area (Å²) in [5.41, 5.74) is 2.96. The molecule has 0 spiro atoms. The van der Waals surface area contributed by atoms with E-state index in [4.69, 9.17) is 23.2 Å². The van der Waals surface area contributed by atoms with Gasteiger partial charge < -0.3 is 5.32 Å². The van der Waals surface area contributed by atoms with Gasteiger partial charge in [-0.2, -0.15) is 0 Å². The standard InChI is InChI=1S/C14H16Cl2N2/c1-3-6-17-8-10-7-9(2)18-14-11(10)4-5-12(15)13(14)16/h4-5,7,17H,3,6,8H2,1-2H3. The summed E-state index contributed by atoms with van der Waals surface area (Å²) in [7, 11) is 0. The lowest BCUT2D eigenvalue weighted by Crippen LogP contribution is -2.14. The molecule has 0 atom stereocenters. The van der Waals surface area contributed by atoms with Gasteiger partial charge in [0.1, 0.15) is 0 Å². The maximum atomic E-state index is 6.22. The van der Waals surface area contributed by atoms with E-state index in [9.17, 15) is 0 Å². The molecule has 1 aromatic carbocycles. The second-order valence-electron chi connectivity index (χ2n) is 4.36. The number of fused-ring (bicyclic) bond motifs is 1. The minimum absolute atomic E-state index is 0.537. The molecule has 2 rings (SSSR count). The molecule has 0 aliphatic carbocycles. The lowest BCUT2D eigenvalue weighted by Gasteiger charge is -2.10. The lowest BCUT2D eigenvalue weighted by molar-refractivity contribution is 0.677. The molecule has 0 aliphatic heterocycles. The topological polar surface area (TPSA) is 24.9 Å². The molecule has 0 aliphatic rings. The number of pyridine rings is 1. The van der Waals surface area contributed by atoms with Crippen molar-refractivity contribution in [1.29, 1.82) is 0 Å². The van der Waals surface area contributed by atoms with E-state index in [0.29, 0.717) is 10.0 Å². The molecule has 96 valence electrons. The van der Waals surface area contributed by atoms with Crippen LogP contribution in [0.3, 0.4) is 0 Å². The zero-order chi connectivity index (χ0) is 13.1. The van der Waals surface area contributed by atoms with E-state index in [1.165, 1.54) is 5.56 Å². The van der Waals surface area contributed by atoms with Crippen LogP contribution in [-0.4, -0.2) is 11.5 Å². The predicted octanol–water partition coefficient (Wildman–Crippen LogP) is 4.35. The highest BCUT2D eigenvalue weighted by Gasteiger charge is 2.09. The van der Waals surface area contributed by atoms with Crippen molar-refractivity contribution in [2.75, 3.05) is 6.54 Å². The molecular formula is C14H16Cl2N2. The average Bonchev–Trinajstić information content (AvgIpc) is 2.34. The fourth-order valence-corrected chi connectivity index (χ4v) is 2.35. The Morgan fingerprint density at radius 3 is 2.78 bits per heavy atom. The van der Waals surface area contributed by atoms with Gasteiger partial charge in [0.2, 0.25) is 0 Å². The number of halogens is 2. The first-order valence-corrected chi connectivity index (χ1v) is 6.84. The van der Waals surface area contributed by atoms with Crippen LogP contribution in [0.25, 0.3) is 10.9 Å². The fraction of sp³-hybridized carbons (Fsp3) is 0.357. The first-order valence-electron chi connectivity index (χ1n) is 6.08. The van der Waals surface area contributed by atoms with Crippen molar-refractivity contribution < 1.29 is 0 Å². The van der Waals surface area contributed by atoms with Gasteiger partial charge in [-0.05, 0) is 37.6 Å². The molecule has 0 saturated carbocycles. The van der Waals surface area contributed by atoms with E-state index in [0.717, 1.165) is 36.1 Å². The largest absolute Gasteiger partial charge is 0.313 e.